The number of nitrogens with two attached hydrogens (primary N) is 1. The molecule has 7 heteroatoms. The molecule has 0 aliphatic rings. The summed E-state index contributed by atoms with van der Waals surface area (Å²) in [6.45, 7) is 3.85. The topological polar surface area (TPSA) is 85.7 Å². The maximum absolute atomic E-state index is 8.62. The molecule has 2 aromatic rings. The van der Waals surface area contributed by atoms with Gasteiger partial charge in [0.05, 0.1) is 10.7 Å². The summed E-state index contributed by atoms with van der Waals surface area (Å²) >= 11 is 6.16. The minimum atomic E-state index is 0.121. The van der Waals surface area contributed by atoms with Gasteiger partial charge in [-0.25, -0.2) is 4.68 Å². The molecule has 0 unspecified atom stereocenters. The first-order valence-electron chi connectivity index (χ1n) is 6.35. The van der Waals surface area contributed by atoms with Crippen LogP contribution in [-0.4, -0.2) is 20.8 Å². The van der Waals surface area contributed by atoms with E-state index in [1.54, 1.807) is 22.9 Å². The van der Waals surface area contributed by atoms with E-state index < -0.39 is 0 Å². The van der Waals surface area contributed by atoms with Crippen LogP contribution in [0.25, 0.3) is 0 Å². The van der Waals surface area contributed by atoms with E-state index in [9.17, 15) is 0 Å². The third-order valence-corrected chi connectivity index (χ3v) is 3.49. The summed E-state index contributed by atoms with van der Waals surface area (Å²) in [4.78, 5) is 0. The molecule has 21 heavy (non-hydrogen) atoms. The summed E-state index contributed by atoms with van der Waals surface area (Å²) in [6, 6.07) is 5.28. The Morgan fingerprint density at radius 2 is 2.19 bits per heavy atom. The molecule has 2 rings (SSSR count). The average molecular weight is 309 g/mol. The van der Waals surface area contributed by atoms with Crippen molar-refractivity contribution in [2.45, 2.75) is 20.3 Å². The number of halogens is 1. The van der Waals surface area contributed by atoms with Crippen LogP contribution in [-0.2, 0) is 13.5 Å². The van der Waals surface area contributed by atoms with Crippen molar-refractivity contribution in [1.29, 1.82) is 0 Å². The summed E-state index contributed by atoms with van der Waals surface area (Å²) in [6.07, 6.45) is 0.313. The van der Waals surface area contributed by atoms with Gasteiger partial charge in [-0.1, -0.05) is 22.8 Å². The largest absolute Gasteiger partial charge is 0.437 e. The molecule has 0 amide bonds. The van der Waals surface area contributed by atoms with Crippen LogP contribution in [0.3, 0.4) is 0 Å². The molecule has 0 aliphatic carbocycles. The second kappa shape index (κ2) is 6.05. The average Bonchev–Trinajstić information content (AvgIpc) is 2.68. The van der Waals surface area contributed by atoms with Crippen LogP contribution >= 0.6 is 11.6 Å². The second-order valence-corrected chi connectivity index (χ2v) is 5.18. The van der Waals surface area contributed by atoms with Crippen molar-refractivity contribution in [3.05, 3.63) is 40.0 Å². The first-order chi connectivity index (χ1) is 9.92. The zero-order valence-corrected chi connectivity index (χ0v) is 12.8. The lowest BCUT2D eigenvalue weighted by molar-refractivity contribution is 0.317. The Kier molecular flexibility index (Phi) is 4.37. The Morgan fingerprint density at radius 1 is 1.48 bits per heavy atom. The van der Waals surface area contributed by atoms with Gasteiger partial charge in [0.1, 0.15) is 11.6 Å². The Balaban J connectivity index is 2.33. The molecule has 0 atom stereocenters. The van der Waals surface area contributed by atoms with Crippen molar-refractivity contribution in [1.82, 2.24) is 9.78 Å². The molecule has 0 aliphatic heterocycles. The van der Waals surface area contributed by atoms with E-state index in [-0.39, 0.29) is 5.84 Å². The lowest BCUT2D eigenvalue weighted by Crippen LogP contribution is -2.14. The van der Waals surface area contributed by atoms with Gasteiger partial charge in [0.2, 0.25) is 5.88 Å². The van der Waals surface area contributed by atoms with Crippen LogP contribution in [0.5, 0.6) is 11.6 Å². The van der Waals surface area contributed by atoms with Gasteiger partial charge in [-0.05, 0) is 31.5 Å². The standard InChI is InChI=1S/C14H17ClN4O2/c1-8-9(2)17-19(3)14(8)21-12-6-10(4-5-11(12)15)7-13(16)18-20/h4-6,20H,7H2,1-3H3,(H2,16,18). The van der Waals surface area contributed by atoms with Gasteiger partial charge in [-0.2, -0.15) is 5.10 Å². The summed E-state index contributed by atoms with van der Waals surface area (Å²) in [5.74, 6) is 1.26. The maximum atomic E-state index is 8.62. The number of oxime groups is 1. The molecule has 1 heterocycles. The molecular weight excluding hydrogens is 292 g/mol. The summed E-state index contributed by atoms with van der Waals surface area (Å²) < 4.78 is 7.54. The van der Waals surface area contributed by atoms with Crippen LogP contribution in [0.2, 0.25) is 5.02 Å². The summed E-state index contributed by atoms with van der Waals surface area (Å²) in [5, 5.41) is 16.4. The Hall–Kier alpha value is -2.21. The quantitative estimate of drug-likeness (QED) is 0.393. The van der Waals surface area contributed by atoms with Crippen LogP contribution in [0, 0.1) is 13.8 Å². The number of hydrogen-bond acceptors (Lipinski definition) is 4. The fourth-order valence-electron chi connectivity index (χ4n) is 1.97. The highest BCUT2D eigenvalue weighted by molar-refractivity contribution is 6.32. The zero-order chi connectivity index (χ0) is 15.6. The lowest BCUT2D eigenvalue weighted by Gasteiger charge is -2.10. The number of aromatic nitrogens is 2. The molecule has 6 nitrogen and oxygen atoms in total. The van der Waals surface area contributed by atoms with Crippen LogP contribution in [0.4, 0.5) is 0 Å². The minimum absolute atomic E-state index is 0.121. The first-order valence-corrected chi connectivity index (χ1v) is 6.73. The van der Waals surface area contributed by atoms with Gasteiger partial charge >= 0.3 is 0 Å². The molecule has 0 fully saturated rings. The first kappa shape index (κ1) is 15.2. The van der Waals surface area contributed by atoms with E-state index in [1.807, 2.05) is 20.9 Å². The van der Waals surface area contributed by atoms with E-state index in [1.165, 1.54) is 0 Å². The number of rotatable bonds is 4. The highest BCUT2D eigenvalue weighted by atomic mass is 35.5. The number of amidine groups is 1. The number of nitrogens with zero attached hydrogens (tertiary/aromatic N) is 3. The molecule has 0 spiro atoms. The molecule has 0 saturated carbocycles. The third kappa shape index (κ3) is 3.28. The smallest absolute Gasteiger partial charge is 0.220 e. The molecule has 0 bridgehead atoms. The third-order valence-electron chi connectivity index (χ3n) is 3.17. The van der Waals surface area contributed by atoms with Gasteiger partial charge < -0.3 is 15.7 Å². The SMILES string of the molecule is Cc1nn(C)c(Oc2cc(CC(N)=NO)ccc2Cl)c1C. The van der Waals surface area contributed by atoms with Crippen molar-refractivity contribution in [2.75, 3.05) is 0 Å². The van der Waals surface area contributed by atoms with Crippen molar-refractivity contribution in [2.24, 2.45) is 17.9 Å². The molecule has 1 aromatic carbocycles. The van der Waals surface area contributed by atoms with E-state index in [4.69, 9.17) is 27.3 Å². The fraction of sp³-hybridized carbons (Fsp3) is 0.286. The van der Waals surface area contributed by atoms with Gasteiger partial charge in [-0.3, -0.25) is 0 Å². The highest BCUT2D eigenvalue weighted by Crippen LogP contribution is 2.32. The van der Waals surface area contributed by atoms with Crippen molar-refractivity contribution in [3.8, 4) is 11.6 Å². The van der Waals surface area contributed by atoms with E-state index in [0.29, 0.717) is 23.1 Å². The summed E-state index contributed by atoms with van der Waals surface area (Å²) in [7, 11) is 1.81. The van der Waals surface area contributed by atoms with E-state index in [0.717, 1.165) is 16.8 Å². The van der Waals surface area contributed by atoms with Gasteiger partial charge in [0.15, 0.2) is 0 Å². The highest BCUT2D eigenvalue weighted by Gasteiger charge is 2.13. The number of hydrogen-bond donors (Lipinski definition) is 2. The Bertz CT molecular complexity index is 695. The van der Waals surface area contributed by atoms with Crippen LogP contribution < -0.4 is 10.5 Å². The maximum Gasteiger partial charge on any atom is 0.220 e. The number of aryl methyl sites for hydroxylation is 2. The Morgan fingerprint density at radius 3 is 2.76 bits per heavy atom. The molecular formula is C14H17ClN4O2. The van der Waals surface area contributed by atoms with Crippen molar-refractivity contribution in [3.63, 3.8) is 0 Å². The van der Waals surface area contributed by atoms with Crippen LogP contribution in [0.1, 0.15) is 16.8 Å². The van der Waals surface area contributed by atoms with Crippen molar-refractivity contribution >= 4 is 17.4 Å². The summed E-state index contributed by atoms with van der Waals surface area (Å²) in [5.41, 5.74) is 8.20. The van der Waals surface area contributed by atoms with Crippen LogP contribution in [0.15, 0.2) is 23.4 Å². The van der Waals surface area contributed by atoms with Gasteiger partial charge in [0.25, 0.3) is 0 Å². The normalized spacial score (nSPS) is 11.7. The number of benzene rings is 1. The Labute approximate surface area is 127 Å². The fourth-order valence-corrected chi connectivity index (χ4v) is 2.13. The van der Waals surface area contributed by atoms with Crippen molar-refractivity contribution < 1.29 is 9.94 Å². The number of ether oxygens (including phenoxy) is 1. The van der Waals surface area contributed by atoms with Gasteiger partial charge in [0, 0.05) is 19.0 Å². The minimum Gasteiger partial charge on any atom is -0.437 e. The molecule has 112 valence electrons. The molecule has 0 radical (unpaired) electrons. The van der Waals surface area contributed by atoms with E-state index in [2.05, 4.69) is 10.3 Å². The second-order valence-electron chi connectivity index (χ2n) is 4.77. The molecule has 1 aromatic heterocycles. The zero-order valence-electron chi connectivity index (χ0n) is 12.1. The molecule has 3 N–H and O–H groups in total. The van der Waals surface area contributed by atoms with Gasteiger partial charge in [-0.15, -0.1) is 0 Å². The van der Waals surface area contributed by atoms with E-state index >= 15 is 0 Å². The monoisotopic (exact) mass is 308 g/mol. The predicted molar refractivity (Wildman–Crippen MR) is 81.3 cm³/mol. The predicted octanol–water partition coefficient (Wildman–Crippen LogP) is 2.77. The lowest BCUT2D eigenvalue weighted by atomic mass is 10.1. The molecule has 0 saturated heterocycles.